The molecule has 0 bridgehead atoms. The van der Waals surface area contributed by atoms with E-state index in [0.717, 1.165) is 22.7 Å². The Balaban J connectivity index is 1.63. The molecule has 0 saturated heterocycles. The van der Waals surface area contributed by atoms with Crippen molar-refractivity contribution in [1.29, 1.82) is 0 Å². The van der Waals surface area contributed by atoms with Crippen molar-refractivity contribution >= 4 is 22.4 Å². The second-order valence-electron chi connectivity index (χ2n) is 5.18. The van der Waals surface area contributed by atoms with Gasteiger partial charge in [-0.05, 0) is 37.0 Å². The van der Waals surface area contributed by atoms with Gasteiger partial charge in [-0.25, -0.2) is 0 Å². The largest absolute Gasteiger partial charge is 0.416 e. The number of aromatic nitrogens is 2. The van der Waals surface area contributed by atoms with Crippen LogP contribution >= 0.6 is 11.3 Å². The number of hydrogen-bond donors (Lipinski definition) is 1. The number of nitrogens with one attached hydrogen (secondary N) is 1. The third-order valence-electron chi connectivity index (χ3n) is 3.55. The summed E-state index contributed by atoms with van der Waals surface area (Å²) in [4.78, 5) is 12.0. The molecule has 1 N–H and O–H groups in total. The number of benzene rings is 1. The highest BCUT2D eigenvalue weighted by atomic mass is 32.1. The van der Waals surface area contributed by atoms with Gasteiger partial charge >= 0.3 is 6.18 Å². The highest BCUT2D eigenvalue weighted by Gasteiger charge is 2.44. The minimum Gasteiger partial charge on any atom is -0.300 e. The fraction of sp³-hybridized carbons (Fsp3) is 0.357. The molecule has 0 aliphatic heterocycles. The maximum atomic E-state index is 12.5. The number of hydrogen-bond acceptors (Lipinski definition) is 4. The molecule has 1 aliphatic rings. The average molecular weight is 327 g/mol. The molecule has 1 heterocycles. The van der Waals surface area contributed by atoms with Crippen LogP contribution in [0.3, 0.4) is 0 Å². The number of alkyl halides is 3. The lowest BCUT2D eigenvalue weighted by Gasteiger charge is -2.07. The Bertz CT molecular complexity index is 696. The number of rotatable bonds is 3. The molecule has 116 valence electrons. The molecule has 1 amide bonds. The van der Waals surface area contributed by atoms with Gasteiger partial charge in [0, 0.05) is 5.92 Å². The summed E-state index contributed by atoms with van der Waals surface area (Å²) < 4.78 is 37.5. The first kappa shape index (κ1) is 15.0. The van der Waals surface area contributed by atoms with E-state index in [9.17, 15) is 18.0 Å². The molecule has 22 heavy (non-hydrogen) atoms. The Labute approximate surface area is 128 Å². The van der Waals surface area contributed by atoms with E-state index in [1.807, 2.05) is 0 Å². The highest BCUT2D eigenvalue weighted by Crippen LogP contribution is 2.48. The van der Waals surface area contributed by atoms with Crippen LogP contribution in [-0.2, 0) is 11.0 Å². The molecule has 1 aromatic heterocycles. The van der Waals surface area contributed by atoms with Crippen LogP contribution in [0.1, 0.15) is 28.5 Å². The van der Waals surface area contributed by atoms with Crippen molar-refractivity contribution in [3.63, 3.8) is 0 Å². The average Bonchev–Trinajstić information content (AvgIpc) is 3.16. The van der Waals surface area contributed by atoms with Gasteiger partial charge in [0.25, 0.3) is 0 Å². The minimum absolute atomic E-state index is 0.0312. The zero-order valence-corrected chi connectivity index (χ0v) is 12.3. The predicted octanol–water partition coefficient (Wildman–Crippen LogP) is 3.61. The molecule has 3 rings (SSSR count). The number of aryl methyl sites for hydroxylation is 1. The van der Waals surface area contributed by atoms with E-state index in [0.29, 0.717) is 11.6 Å². The second-order valence-corrected chi connectivity index (χ2v) is 6.37. The Hall–Kier alpha value is -1.96. The molecule has 8 heteroatoms. The van der Waals surface area contributed by atoms with Crippen molar-refractivity contribution in [3.05, 3.63) is 40.4 Å². The van der Waals surface area contributed by atoms with Gasteiger partial charge in [-0.15, -0.1) is 10.2 Å². The van der Waals surface area contributed by atoms with Crippen LogP contribution in [0.4, 0.5) is 18.3 Å². The summed E-state index contributed by atoms with van der Waals surface area (Å²) >= 11 is 1.28. The molecule has 1 aromatic carbocycles. The monoisotopic (exact) mass is 327 g/mol. The summed E-state index contributed by atoms with van der Waals surface area (Å²) in [5, 5.41) is 11.5. The lowest BCUT2D eigenvalue weighted by molar-refractivity contribution is -0.137. The van der Waals surface area contributed by atoms with Gasteiger partial charge in [0.05, 0.1) is 5.56 Å². The van der Waals surface area contributed by atoms with Crippen molar-refractivity contribution in [2.24, 2.45) is 5.92 Å². The molecule has 1 fully saturated rings. The van der Waals surface area contributed by atoms with E-state index in [1.54, 1.807) is 6.92 Å². The lowest BCUT2D eigenvalue weighted by atomic mass is 10.1. The Morgan fingerprint density at radius 2 is 1.95 bits per heavy atom. The van der Waals surface area contributed by atoms with Gasteiger partial charge in [-0.2, -0.15) is 13.2 Å². The second kappa shape index (κ2) is 5.35. The maximum Gasteiger partial charge on any atom is 0.416 e. The number of anilines is 1. The molecule has 1 aliphatic carbocycles. The molecule has 2 unspecified atom stereocenters. The van der Waals surface area contributed by atoms with E-state index >= 15 is 0 Å². The molecule has 2 aromatic rings. The Kier molecular flexibility index (Phi) is 3.64. The van der Waals surface area contributed by atoms with Crippen molar-refractivity contribution < 1.29 is 18.0 Å². The van der Waals surface area contributed by atoms with E-state index in [2.05, 4.69) is 15.5 Å². The summed E-state index contributed by atoms with van der Waals surface area (Å²) in [7, 11) is 0. The molecular formula is C14H12F3N3OS. The number of amides is 1. The van der Waals surface area contributed by atoms with E-state index in [1.165, 1.54) is 23.5 Å². The summed E-state index contributed by atoms with van der Waals surface area (Å²) in [6.45, 7) is 1.79. The fourth-order valence-corrected chi connectivity index (χ4v) is 2.91. The number of carbonyl (C=O) groups excluding carboxylic acids is 1. The van der Waals surface area contributed by atoms with Gasteiger partial charge in [0.2, 0.25) is 11.0 Å². The van der Waals surface area contributed by atoms with E-state index < -0.39 is 11.7 Å². The summed E-state index contributed by atoms with van der Waals surface area (Å²) in [6, 6.07) is 4.99. The minimum atomic E-state index is -4.34. The van der Waals surface area contributed by atoms with Gasteiger partial charge in [0.15, 0.2) is 0 Å². The smallest absolute Gasteiger partial charge is 0.300 e. The lowest BCUT2D eigenvalue weighted by Crippen LogP contribution is -2.14. The van der Waals surface area contributed by atoms with Crippen LogP contribution in [0.15, 0.2) is 24.3 Å². The normalized spacial score (nSPS) is 20.7. The zero-order chi connectivity index (χ0) is 15.9. The van der Waals surface area contributed by atoms with Gasteiger partial charge in [-0.1, -0.05) is 23.5 Å². The third kappa shape index (κ3) is 3.11. The molecule has 1 saturated carbocycles. The molecule has 2 atom stereocenters. The van der Waals surface area contributed by atoms with Crippen LogP contribution in [-0.4, -0.2) is 16.1 Å². The summed E-state index contributed by atoms with van der Waals surface area (Å²) in [6.07, 6.45) is -3.70. The SMILES string of the molecule is Cc1nnc(NC(=O)C2CC2c2ccc(C(F)(F)F)cc2)s1. The standard InChI is InChI=1S/C14H12F3N3OS/c1-7-19-20-13(22-7)18-12(21)11-6-10(11)8-2-4-9(5-3-8)14(15,16)17/h2-5,10-11H,6H2,1H3,(H,18,20,21). The quantitative estimate of drug-likeness (QED) is 0.937. The topological polar surface area (TPSA) is 54.9 Å². The van der Waals surface area contributed by atoms with Crippen molar-refractivity contribution in [1.82, 2.24) is 10.2 Å². The fourth-order valence-electron chi connectivity index (χ4n) is 2.32. The highest BCUT2D eigenvalue weighted by molar-refractivity contribution is 7.15. The van der Waals surface area contributed by atoms with E-state index in [-0.39, 0.29) is 17.7 Å². The summed E-state index contributed by atoms with van der Waals surface area (Å²) in [5.41, 5.74) is 0.0730. The van der Waals surface area contributed by atoms with Crippen molar-refractivity contribution in [2.45, 2.75) is 25.4 Å². The predicted molar refractivity (Wildman–Crippen MR) is 75.6 cm³/mol. The Morgan fingerprint density at radius 1 is 1.27 bits per heavy atom. The van der Waals surface area contributed by atoms with Crippen LogP contribution in [0, 0.1) is 12.8 Å². The molecule has 4 nitrogen and oxygen atoms in total. The van der Waals surface area contributed by atoms with Crippen molar-refractivity contribution in [2.75, 3.05) is 5.32 Å². The van der Waals surface area contributed by atoms with Gasteiger partial charge in [0.1, 0.15) is 5.01 Å². The van der Waals surface area contributed by atoms with Crippen LogP contribution in [0.25, 0.3) is 0 Å². The number of carbonyl (C=O) groups is 1. The van der Waals surface area contributed by atoms with E-state index in [4.69, 9.17) is 0 Å². The third-order valence-corrected chi connectivity index (χ3v) is 4.30. The molecule has 0 spiro atoms. The molecular weight excluding hydrogens is 315 g/mol. The number of nitrogens with zero attached hydrogens (tertiary/aromatic N) is 2. The van der Waals surface area contributed by atoms with Crippen molar-refractivity contribution in [3.8, 4) is 0 Å². The van der Waals surface area contributed by atoms with Crippen LogP contribution in [0.5, 0.6) is 0 Å². The van der Waals surface area contributed by atoms with Gasteiger partial charge < -0.3 is 5.32 Å². The van der Waals surface area contributed by atoms with Crippen LogP contribution < -0.4 is 5.32 Å². The Morgan fingerprint density at radius 3 is 2.50 bits per heavy atom. The van der Waals surface area contributed by atoms with Crippen LogP contribution in [0.2, 0.25) is 0 Å². The first-order valence-corrected chi connectivity index (χ1v) is 7.44. The van der Waals surface area contributed by atoms with Gasteiger partial charge in [-0.3, -0.25) is 4.79 Å². The first-order valence-electron chi connectivity index (χ1n) is 6.63. The molecule has 0 radical (unpaired) electrons. The maximum absolute atomic E-state index is 12.5. The number of halogens is 3. The summed E-state index contributed by atoms with van der Waals surface area (Å²) in [5.74, 6) is -0.418. The first-order chi connectivity index (χ1) is 10.3. The zero-order valence-electron chi connectivity index (χ0n) is 11.5.